The lowest BCUT2D eigenvalue weighted by atomic mass is 10.1. The van der Waals surface area contributed by atoms with Crippen LogP contribution in [0.5, 0.6) is 0 Å². The Morgan fingerprint density at radius 3 is 2.06 bits per heavy atom. The van der Waals surface area contributed by atoms with Gasteiger partial charge in [0.1, 0.15) is 18.1 Å². The molecule has 0 bridgehead atoms. The van der Waals surface area contributed by atoms with Gasteiger partial charge in [0.15, 0.2) is 5.96 Å². The zero-order valence-electron chi connectivity index (χ0n) is 18.9. The van der Waals surface area contributed by atoms with E-state index in [0.29, 0.717) is 12.8 Å². The number of carbonyl (C=O) groups excluding carboxylic acids is 3. The highest BCUT2D eigenvalue weighted by molar-refractivity contribution is 5.97. The van der Waals surface area contributed by atoms with E-state index in [1.165, 1.54) is 0 Å². The average molecular weight is 501 g/mol. The summed E-state index contributed by atoms with van der Waals surface area (Å²) >= 11 is 0. The summed E-state index contributed by atoms with van der Waals surface area (Å²) in [7, 11) is 0. The molecule has 0 saturated carbocycles. The van der Waals surface area contributed by atoms with Gasteiger partial charge in [0.2, 0.25) is 17.7 Å². The normalized spacial score (nSPS) is 17.5. The summed E-state index contributed by atoms with van der Waals surface area (Å²) in [5.74, 6) is -7.28. The van der Waals surface area contributed by atoms with Crippen LogP contribution in [0.4, 0.5) is 0 Å². The lowest BCUT2D eigenvalue weighted by Gasteiger charge is -2.28. The van der Waals surface area contributed by atoms with Gasteiger partial charge in [-0.25, -0.2) is 4.79 Å². The molecule has 11 N–H and O–H groups in total. The van der Waals surface area contributed by atoms with Gasteiger partial charge in [-0.2, -0.15) is 0 Å². The molecular weight excluding hydrogens is 470 g/mol. The number of aliphatic imine (C=N–C) groups is 1. The van der Waals surface area contributed by atoms with Gasteiger partial charge in [0.25, 0.3) is 0 Å². The number of nitrogens with one attached hydrogen (secondary N) is 2. The molecule has 35 heavy (non-hydrogen) atoms. The number of carboxylic acids is 3. The number of aliphatic carboxylic acids is 3. The first kappa shape index (κ1) is 29.1. The number of likely N-dealkylation sites (tertiary alicyclic amines) is 1. The van der Waals surface area contributed by atoms with Crippen LogP contribution >= 0.6 is 0 Å². The van der Waals surface area contributed by atoms with Crippen LogP contribution in [0.2, 0.25) is 0 Å². The van der Waals surface area contributed by atoms with E-state index in [1.54, 1.807) is 0 Å². The van der Waals surface area contributed by atoms with Crippen LogP contribution < -0.4 is 27.8 Å². The average Bonchev–Trinajstić information content (AvgIpc) is 3.24. The zero-order chi connectivity index (χ0) is 26.7. The minimum Gasteiger partial charge on any atom is -0.481 e. The summed E-state index contributed by atoms with van der Waals surface area (Å²) in [6.07, 6.45) is -0.810. The van der Waals surface area contributed by atoms with Gasteiger partial charge in [-0.3, -0.25) is 29.0 Å². The van der Waals surface area contributed by atoms with Crippen molar-refractivity contribution in [3.8, 4) is 0 Å². The number of nitrogens with zero attached hydrogens (tertiary/aromatic N) is 2. The lowest BCUT2D eigenvalue weighted by molar-refractivity contribution is -0.151. The Morgan fingerprint density at radius 1 is 0.943 bits per heavy atom. The van der Waals surface area contributed by atoms with Gasteiger partial charge in [0, 0.05) is 13.1 Å². The Bertz CT molecular complexity index is 860. The summed E-state index contributed by atoms with van der Waals surface area (Å²) in [5.41, 5.74) is 16.1. The molecule has 0 radical (unpaired) electrons. The molecule has 1 heterocycles. The number of guanidine groups is 1. The monoisotopic (exact) mass is 501 g/mol. The Labute approximate surface area is 199 Å². The molecule has 0 aliphatic carbocycles. The highest BCUT2D eigenvalue weighted by Crippen LogP contribution is 2.19. The molecule has 0 aromatic carbocycles. The third-order valence-corrected chi connectivity index (χ3v) is 5.13. The number of carbonyl (C=O) groups is 6. The van der Waals surface area contributed by atoms with E-state index in [9.17, 15) is 33.9 Å². The van der Waals surface area contributed by atoms with Gasteiger partial charge in [-0.15, -0.1) is 0 Å². The lowest BCUT2D eigenvalue weighted by Crippen LogP contribution is -2.57. The van der Waals surface area contributed by atoms with E-state index in [4.69, 9.17) is 27.4 Å². The van der Waals surface area contributed by atoms with E-state index in [0.717, 1.165) is 4.90 Å². The number of amides is 3. The van der Waals surface area contributed by atoms with Crippen molar-refractivity contribution in [3.63, 3.8) is 0 Å². The molecule has 196 valence electrons. The maximum Gasteiger partial charge on any atom is 0.326 e. The van der Waals surface area contributed by atoms with Gasteiger partial charge in [0.05, 0.1) is 18.9 Å². The fourth-order valence-electron chi connectivity index (χ4n) is 3.45. The van der Waals surface area contributed by atoms with E-state index in [2.05, 4.69) is 15.6 Å². The van der Waals surface area contributed by atoms with Crippen molar-refractivity contribution in [2.75, 3.05) is 13.1 Å². The first-order valence-electron chi connectivity index (χ1n) is 10.7. The van der Waals surface area contributed by atoms with Crippen LogP contribution in [-0.2, 0) is 28.8 Å². The van der Waals surface area contributed by atoms with Crippen molar-refractivity contribution in [2.45, 2.75) is 62.7 Å². The molecule has 1 rings (SSSR count). The largest absolute Gasteiger partial charge is 0.481 e. The van der Waals surface area contributed by atoms with Crippen molar-refractivity contribution in [1.82, 2.24) is 15.5 Å². The molecule has 1 saturated heterocycles. The van der Waals surface area contributed by atoms with Crippen LogP contribution in [0.15, 0.2) is 4.99 Å². The molecule has 16 nitrogen and oxygen atoms in total. The molecule has 16 heteroatoms. The fraction of sp³-hybridized carbons (Fsp3) is 0.632. The van der Waals surface area contributed by atoms with Crippen molar-refractivity contribution in [3.05, 3.63) is 0 Å². The molecule has 1 aliphatic rings. The SMILES string of the molecule is NC(N)=NCCCC(N)C(=O)NC(CC(=O)O)C(=O)NC(CC(=O)O)C(=O)N1CCCC1C(=O)O. The molecular formula is C19H31N7O9. The Morgan fingerprint density at radius 2 is 1.51 bits per heavy atom. The Hall–Kier alpha value is -3.95. The van der Waals surface area contributed by atoms with Crippen LogP contribution in [0.25, 0.3) is 0 Å². The molecule has 1 aliphatic heterocycles. The minimum atomic E-state index is -1.68. The van der Waals surface area contributed by atoms with E-state index in [-0.39, 0.29) is 31.9 Å². The number of hydrogen-bond donors (Lipinski definition) is 8. The summed E-state index contributed by atoms with van der Waals surface area (Å²) < 4.78 is 0. The molecule has 0 aromatic rings. The first-order valence-corrected chi connectivity index (χ1v) is 10.7. The van der Waals surface area contributed by atoms with Crippen LogP contribution in [0.3, 0.4) is 0 Å². The topological polar surface area (TPSA) is 281 Å². The zero-order valence-corrected chi connectivity index (χ0v) is 18.9. The van der Waals surface area contributed by atoms with Crippen LogP contribution in [-0.4, -0.2) is 99.1 Å². The summed E-state index contributed by atoms with van der Waals surface area (Å²) in [6.45, 7) is 0.237. The number of carboxylic acid groups (broad SMARTS) is 3. The highest BCUT2D eigenvalue weighted by atomic mass is 16.4. The van der Waals surface area contributed by atoms with Crippen molar-refractivity contribution >= 4 is 41.6 Å². The summed E-state index contributed by atoms with van der Waals surface area (Å²) in [5, 5.41) is 31.9. The molecule has 3 amide bonds. The number of rotatable bonds is 14. The van der Waals surface area contributed by atoms with Crippen molar-refractivity contribution in [2.24, 2.45) is 22.2 Å². The molecule has 0 spiro atoms. The highest BCUT2D eigenvalue weighted by Gasteiger charge is 2.39. The molecule has 4 unspecified atom stereocenters. The second kappa shape index (κ2) is 13.7. The standard InChI is InChI=1S/C19H31N7O9/c20-9(3-1-5-23-19(21)22)15(31)24-10(7-13(27)28)16(32)25-11(8-14(29)30)17(33)26-6-2-4-12(26)18(34)35/h9-12H,1-8,20H2,(H,24,31)(H,25,32)(H,27,28)(H,29,30)(H,34,35)(H4,21,22,23). The van der Waals surface area contributed by atoms with Crippen LogP contribution in [0.1, 0.15) is 38.5 Å². The van der Waals surface area contributed by atoms with Gasteiger partial charge in [-0.05, 0) is 25.7 Å². The fourth-order valence-corrected chi connectivity index (χ4v) is 3.45. The summed E-state index contributed by atoms with van der Waals surface area (Å²) in [6, 6.07) is -5.67. The van der Waals surface area contributed by atoms with E-state index < -0.39 is 72.6 Å². The van der Waals surface area contributed by atoms with Gasteiger partial charge in [-0.1, -0.05) is 0 Å². The Kier molecular flexibility index (Phi) is 11.4. The summed E-state index contributed by atoms with van der Waals surface area (Å²) in [4.78, 5) is 76.5. The van der Waals surface area contributed by atoms with E-state index in [1.807, 2.05) is 0 Å². The predicted molar refractivity (Wildman–Crippen MR) is 119 cm³/mol. The quantitative estimate of drug-likeness (QED) is 0.0650. The van der Waals surface area contributed by atoms with Gasteiger partial charge >= 0.3 is 17.9 Å². The second-order valence-corrected chi connectivity index (χ2v) is 7.90. The third kappa shape index (κ3) is 9.83. The smallest absolute Gasteiger partial charge is 0.326 e. The number of nitrogens with two attached hydrogens (primary N) is 3. The second-order valence-electron chi connectivity index (χ2n) is 7.90. The maximum absolute atomic E-state index is 12.8. The van der Waals surface area contributed by atoms with Crippen molar-refractivity contribution < 1.29 is 44.1 Å². The van der Waals surface area contributed by atoms with Gasteiger partial charge < -0.3 is 48.1 Å². The van der Waals surface area contributed by atoms with Crippen LogP contribution in [0, 0.1) is 0 Å². The molecule has 1 fully saturated rings. The minimum absolute atomic E-state index is 0.0474. The predicted octanol–water partition coefficient (Wildman–Crippen LogP) is -3.64. The molecule has 0 aromatic heterocycles. The maximum atomic E-state index is 12.8. The Balaban J connectivity index is 2.92. The van der Waals surface area contributed by atoms with E-state index >= 15 is 0 Å². The third-order valence-electron chi connectivity index (χ3n) is 5.13. The number of hydrogen-bond acceptors (Lipinski definition) is 8. The first-order chi connectivity index (χ1) is 16.3. The van der Waals surface area contributed by atoms with Crippen molar-refractivity contribution in [1.29, 1.82) is 0 Å². The molecule has 4 atom stereocenters.